The predicted octanol–water partition coefficient (Wildman–Crippen LogP) is -0.445. The minimum absolute atomic E-state index is 0.0995. The van der Waals surface area contributed by atoms with Crippen molar-refractivity contribution in [2.24, 2.45) is 0 Å². The van der Waals surface area contributed by atoms with Crippen molar-refractivity contribution in [3.8, 4) is 0 Å². The summed E-state index contributed by atoms with van der Waals surface area (Å²) in [6.45, 7) is 8.58. The van der Waals surface area contributed by atoms with Crippen LogP contribution >= 0.6 is 0 Å². The molecular weight excluding hydrogens is 242 g/mol. The first kappa shape index (κ1) is 14.0. The molecule has 0 atom stereocenters. The monoisotopic (exact) mass is 265 g/mol. The molecule has 1 aliphatic rings. The van der Waals surface area contributed by atoms with E-state index in [0.717, 1.165) is 45.1 Å². The Hall–Kier alpha value is -1.40. The Labute approximate surface area is 114 Å². The average molecular weight is 265 g/mol. The van der Waals surface area contributed by atoms with E-state index >= 15 is 0 Å². The topological polar surface area (TPSA) is 53.4 Å². The second-order valence-electron chi connectivity index (χ2n) is 4.96. The number of nitrogens with zero attached hydrogens (tertiary/aromatic N) is 4. The molecule has 2 heterocycles. The molecule has 0 aromatic carbocycles. The van der Waals surface area contributed by atoms with Gasteiger partial charge in [-0.15, -0.1) is 0 Å². The molecule has 1 aromatic heterocycles. The van der Waals surface area contributed by atoms with Crippen LogP contribution in [0.25, 0.3) is 0 Å². The first-order valence-corrected chi connectivity index (χ1v) is 6.82. The summed E-state index contributed by atoms with van der Waals surface area (Å²) in [5, 5.41) is 2.67. The molecule has 106 valence electrons. The number of aryl methyl sites for hydroxylation is 1. The quantitative estimate of drug-likeness (QED) is 0.784. The fourth-order valence-electron chi connectivity index (χ4n) is 2.34. The number of amides is 1. The molecule has 0 spiro atoms. The van der Waals surface area contributed by atoms with Crippen LogP contribution in [0, 0.1) is 6.92 Å². The third-order valence-corrected chi connectivity index (χ3v) is 3.69. The lowest BCUT2D eigenvalue weighted by Crippen LogP contribution is -2.49. The van der Waals surface area contributed by atoms with E-state index in [1.165, 1.54) is 0 Å². The summed E-state index contributed by atoms with van der Waals surface area (Å²) in [6.07, 6.45) is 3.87. The summed E-state index contributed by atoms with van der Waals surface area (Å²) >= 11 is 0. The molecule has 1 saturated heterocycles. The smallest absolute Gasteiger partial charge is 0.233 e. The van der Waals surface area contributed by atoms with Crippen LogP contribution in [0.3, 0.4) is 0 Å². The van der Waals surface area contributed by atoms with Gasteiger partial charge in [0.2, 0.25) is 5.91 Å². The van der Waals surface area contributed by atoms with Crippen molar-refractivity contribution in [2.45, 2.75) is 13.5 Å². The number of likely N-dealkylation sites (N-methyl/N-ethyl adjacent to an activating group) is 1. The predicted molar refractivity (Wildman–Crippen MR) is 73.9 cm³/mol. The lowest BCUT2D eigenvalue weighted by atomic mass is 10.3. The first-order valence-electron chi connectivity index (χ1n) is 6.82. The summed E-state index contributed by atoms with van der Waals surface area (Å²) in [5.41, 5.74) is 0. The average Bonchev–Trinajstić information content (AvgIpc) is 2.83. The molecule has 1 aliphatic heterocycles. The highest BCUT2D eigenvalue weighted by molar-refractivity contribution is 5.77. The normalized spacial score (nSPS) is 17.6. The Kier molecular flexibility index (Phi) is 4.93. The number of carbonyl (C=O) groups is 1. The Balaban J connectivity index is 1.69. The van der Waals surface area contributed by atoms with E-state index in [9.17, 15) is 4.79 Å². The largest absolute Gasteiger partial charge is 0.358 e. The van der Waals surface area contributed by atoms with Crippen molar-refractivity contribution in [3.05, 3.63) is 18.2 Å². The molecule has 1 amide bonds. The maximum absolute atomic E-state index is 11.3. The standard InChI is InChI=1S/C13H23N5O/c1-12-15-3-4-18(12)10-9-16-5-7-17(8-6-16)11-13(19)14-2/h3-4H,5-11H2,1-2H3,(H,14,19). The van der Waals surface area contributed by atoms with E-state index < -0.39 is 0 Å². The zero-order valence-corrected chi connectivity index (χ0v) is 11.8. The van der Waals surface area contributed by atoms with Gasteiger partial charge in [-0.2, -0.15) is 0 Å². The van der Waals surface area contributed by atoms with Crippen molar-refractivity contribution in [2.75, 3.05) is 46.3 Å². The van der Waals surface area contributed by atoms with Crippen molar-refractivity contribution >= 4 is 5.91 Å². The van der Waals surface area contributed by atoms with Crippen LogP contribution in [0.2, 0.25) is 0 Å². The van der Waals surface area contributed by atoms with E-state index in [-0.39, 0.29) is 5.91 Å². The molecule has 0 saturated carbocycles. The van der Waals surface area contributed by atoms with E-state index in [4.69, 9.17) is 0 Å². The number of hydrogen-bond donors (Lipinski definition) is 1. The van der Waals surface area contributed by atoms with Gasteiger partial charge < -0.3 is 9.88 Å². The second-order valence-corrected chi connectivity index (χ2v) is 4.96. The lowest BCUT2D eigenvalue weighted by Gasteiger charge is -2.34. The molecule has 6 nitrogen and oxygen atoms in total. The van der Waals surface area contributed by atoms with Crippen LogP contribution < -0.4 is 5.32 Å². The molecule has 1 N–H and O–H groups in total. The number of aromatic nitrogens is 2. The fraction of sp³-hybridized carbons (Fsp3) is 0.692. The fourth-order valence-corrected chi connectivity index (χ4v) is 2.34. The molecule has 0 bridgehead atoms. The van der Waals surface area contributed by atoms with Gasteiger partial charge in [-0.3, -0.25) is 14.6 Å². The van der Waals surface area contributed by atoms with Crippen molar-refractivity contribution in [3.63, 3.8) is 0 Å². The Morgan fingerprint density at radius 3 is 2.53 bits per heavy atom. The van der Waals surface area contributed by atoms with Crippen LogP contribution in [-0.2, 0) is 11.3 Å². The minimum Gasteiger partial charge on any atom is -0.358 e. The Morgan fingerprint density at radius 2 is 1.95 bits per heavy atom. The number of hydrogen-bond acceptors (Lipinski definition) is 4. The van der Waals surface area contributed by atoms with Crippen molar-refractivity contribution in [1.82, 2.24) is 24.7 Å². The van der Waals surface area contributed by atoms with Gasteiger partial charge in [0.05, 0.1) is 6.54 Å². The van der Waals surface area contributed by atoms with E-state index in [2.05, 4.69) is 24.7 Å². The number of nitrogens with one attached hydrogen (secondary N) is 1. The Morgan fingerprint density at radius 1 is 1.26 bits per heavy atom. The molecule has 6 heteroatoms. The summed E-state index contributed by atoms with van der Waals surface area (Å²) in [5.74, 6) is 1.17. The molecule has 0 unspecified atom stereocenters. The van der Waals surface area contributed by atoms with Gasteiger partial charge in [0, 0.05) is 58.7 Å². The highest BCUT2D eigenvalue weighted by Crippen LogP contribution is 2.03. The zero-order valence-electron chi connectivity index (χ0n) is 11.8. The molecule has 1 aromatic rings. The molecule has 0 aliphatic carbocycles. The molecule has 1 fully saturated rings. The number of carbonyl (C=O) groups excluding carboxylic acids is 1. The first-order chi connectivity index (χ1) is 9.19. The SMILES string of the molecule is CNC(=O)CN1CCN(CCn2ccnc2C)CC1. The molecule has 19 heavy (non-hydrogen) atoms. The van der Waals surface area contributed by atoms with Crippen LogP contribution in [0.4, 0.5) is 0 Å². The van der Waals surface area contributed by atoms with Gasteiger partial charge in [-0.05, 0) is 6.92 Å². The van der Waals surface area contributed by atoms with Crippen LogP contribution in [0.15, 0.2) is 12.4 Å². The summed E-state index contributed by atoms with van der Waals surface area (Å²) in [4.78, 5) is 20.2. The highest BCUT2D eigenvalue weighted by Gasteiger charge is 2.18. The van der Waals surface area contributed by atoms with Gasteiger partial charge in [0.15, 0.2) is 0 Å². The number of imidazole rings is 1. The zero-order chi connectivity index (χ0) is 13.7. The summed E-state index contributed by atoms with van der Waals surface area (Å²) < 4.78 is 2.18. The van der Waals surface area contributed by atoms with Gasteiger partial charge >= 0.3 is 0 Å². The van der Waals surface area contributed by atoms with Gasteiger partial charge in [-0.1, -0.05) is 0 Å². The van der Waals surface area contributed by atoms with Crippen molar-refractivity contribution < 1.29 is 4.79 Å². The minimum atomic E-state index is 0.0995. The van der Waals surface area contributed by atoms with Gasteiger partial charge in [0.1, 0.15) is 5.82 Å². The molecular formula is C13H23N5O. The van der Waals surface area contributed by atoms with Crippen LogP contribution in [-0.4, -0.2) is 71.6 Å². The summed E-state index contributed by atoms with van der Waals surface area (Å²) in [7, 11) is 1.69. The molecule has 2 rings (SSSR count). The van der Waals surface area contributed by atoms with E-state index in [0.29, 0.717) is 6.54 Å². The maximum Gasteiger partial charge on any atom is 0.233 e. The second kappa shape index (κ2) is 6.68. The third-order valence-electron chi connectivity index (χ3n) is 3.69. The Bertz CT molecular complexity index is 409. The molecule has 0 radical (unpaired) electrons. The van der Waals surface area contributed by atoms with E-state index in [1.54, 1.807) is 7.05 Å². The number of rotatable bonds is 5. The van der Waals surface area contributed by atoms with Crippen LogP contribution in [0.1, 0.15) is 5.82 Å². The van der Waals surface area contributed by atoms with E-state index in [1.807, 2.05) is 19.3 Å². The van der Waals surface area contributed by atoms with Crippen LogP contribution in [0.5, 0.6) is 0 Å². The van der Waals surface area contributed by atoms with Gasteiger partial charge in [-0.25, -0.2) is 4.98 Å². The van der Waals surface area contributed by atoms with Crippen molar-refractivity contribution in [1.29, 1.82) is 0 Å². The maximum atomic E-state index is 11.3. The number of piperazine rings is 1. The summed E-state index contributed by atoms with van der Waals surface area (Å²) in [6, 6.07) is 0. The van der Waals surface area contributed by atoms with Gasteiger partial charge in [0.25, 0.3) is 0 Å². The highest BCUT2D eigenvalue weighted by atomic mass is 16.1. The lowest BCUT2D eigenvalue weighted by molar-refractivity contribution is -0.122. The third kappa shape index (κ3) is 4.04.